The van der Waals surface area contributed by atoms with E-state index in [1.54, 1.807) is 0 Å². The third kappa shape index (κ3) is 5.84. The summed E-state index contributed by atoms with van der Waals surface area (Å²) in [7, 11) is 0. The van der Waals surface area contributed by atoms with E-state index in [9.17, 15) is 4.79 Å². The van der Waals surface area contributed by atoms with E-state index in [1.165, 1.54) is 5.56 Å². The lowest BCUT2D eigenvalue weighted by atomic mass is 9.96. The van der Waals surface area contributed by atoms with Crippen LogP contribution in [0.2, 0.25) is 0 Å². The van der Waals surface area contributed by atoms with Gasteiger partial charge in [0.15, 0.2) is 0 Å². The Hall–Kier alpha value is -1.59. The van der Waals surface area contributed by atoms with E-state index in [2.05, 4.69) is 22.3 Å². The number of piperidine rings is 1. The Balaban J connectivity index is 1.90. The fourth-order valence-electron chi connectivity index (χ4n) is 3.00. The van der Waals surface area contributed by atoms with Gasteiger partial charge in [0.2, 0.25) is 5.91 Å². The molecule has 0 radical (unpaired) electrons. The zero-order chi connectivity index (χ0) is 16.7. The number of nitrogens with two attached hydrogens (primary N) is 1. The minimum absolute atomic E-state index is 0.0744. The average molecular weight is 319 g/mol. The van der Waals surface area contributed by atoms with Gasteiger partial charge in [-0.15, -0.1) is 0 Å². The summed E-state index contributed by atoms with van der Waals surface area (Å²) in [5.74, 6) is 1.12. The van der Waals surface area contributed by atoms with Gasteiger partial charge in [-0.1, -0.05) is 12.1 Å². The molecule has 3 N–H and O–H groups in total. The molecule has 0 spiro atoms. The maximum absolute atomic E-state index is 12.1. The van der Waals surface area contributed by atoms with Crippen molar-refractivity contribution in [2.24, 2.45) is 11.7 Å². The molecule has 23 heavy (non-hydrogen) atoms. The van der Waals surface area contributed by atoms with Crippen molar-refractivity contribution in [3.63, 3.8) is 0 Å². The van der Waals surface area contributed by atoms with E-state index in [1.807, 2.05) is 26.0 Å². The number of nitrogens with one attached hydrogen (secondary N) is 1. The first-order valence-corrected chi connectivity index (χ1v) is 8.54. The third-order valence-corrected chi connectivity index (χ3v) is 4.00. The van der Waals surface area contributed by atoms with Crippen LogP contribution in [0.5, 0.6) is 5.75 Å². The molecule has 5 nitrogen and oxygen atoms in total. The van der Waals surface area contributed by atoms with Gasteiger partial charge in [-0.3, -0.25) is 9.69 Å². The lowest BCUT2D eigenvalue weighted by Crippen LogP contribution is -2.43. The minimum atomic E-state index is 0.0744. The molecular formula is C18H29N3O2. The SMILES string of the molecule is CC(C)Oc1cccc(CN2CCCC(C(=O)NCCN)C2)c1. The Morgan fingerprint density at radius 1 is 1.48 bits per heavy atom. The zero-order valence-corrected chi connectivity index (χ0v) is 14.3. The summed E-state index contributed by atoms with van der Waals surface area (Å²) in [5, 5.41) is 2.91. The summed E-state index contributed by atoms with van der Waals surface area (Å²) in [6.07, 6.45) is 2.20. The first kappa shape index (κ1) is 17.8. The summed E-state index contributed by atoms with van der Waals surface area (Å²) in [5.41, 5.74) is 6.68. The third-order valence-electron chi connectivity index (χ3n) is 4.00. The Bertz CT molecular complexity index is 505. The van der Waals surface area contributed by atoms with Crippen LogP contribution in [0.15, 0.2) is 24.3 Å². The molecule has 128 valence electrons. The summed E-state index contributed by atoms with van der Waals surface area (Å²) >= 11 is 0. The smallest absolute Gasteiger partial charge is 0.224 e. The van der Waals surface area contributed by atoms with Crippen LogP contribution >= 0.6 is 0 Å². The normalized spacial score (nSPS) is 18.9. The van der Waals surface area contributed by atoms with Gasteiger partial charge in [-0.25, -0.2) is 0 Å². The second-order valence-corrected chi connectivity index (χ2v) is 6.47. The highest BCUT2D eigenvalue weighted by Crippen LogP contribution is 2.21. The molecule has 1 saturated heterocycles. The fraction of sp³-hybridized carbons (Fsp3) is 0.611. The number of hydrogen-bond acceptors (Lipinski definition) is 4. The second-order valence-electron chi connectivity index (χ2n) is 6.47. The van der Waals surface area contributed by atoms with Crippen LogP contribution in [0.3, 0.4) is 0 Å². The number of carbonyl (C=O) groups is 1. The number of benzene rings is 1. The van der Waals surface area contributed by atoms with Crippen molar-refractivity contribution in [1.29, 1.82) is 0 Å². The fourth-order valence-corrected chi connectivity index (χ4v) is 3.00. The Kier molecular flexibility index (Phi) is 6.86. The van der Waals surface area contributed by atoms with Crippen molar-refractivity contribution in [2.45, 2.75) is 39.3 Å². The van der Waals surface area contributed by atoms with E-state index in [0.717, 1.165) is 38.2 Å². The summed E-state index contributed by atoms with van der Waals surface area (Å²) in [6, 6.07) is 8.23. The quantitative estimate of drug-likeness (QED) is 0.803. The summed E-state index contributed by atoms with van der Waals surface area (Å²) in [6.45, 7) is 7.82. The number of ether oxygens (including phenoxy) is 1. The van der Waals surface area contributed by atoms with Crippen LogP contribution in [0.1, 0.15) is 32.3 Å². The van der Waals surface area contributed by atoms with Crippen molar-refractivity contribution in [3.05, 3.63) is 29.8 Å². The molecule has 5 heteroatoms. The minimum Gasteiger partial charge on any atom is -0.491 e. The van der Waals surface area contributed by atoms with Gasteiger partial charge in [-0.05, 0) is 50.9 Å². The molecule has 0 bridgehead atoms. The van der Waals surface area contributed by atoms with Crippen molar-refractivity contribution < 1.29 is 9.53 Å². The van der Waals surface area contributed by atoms with Crippen LogP contribution < -0.4 is 15.8 Å². The van der Waals surface area contributed by atoms with Crippen molar-refractivity contribution in [3.8, 4) is 5.75 Å². The molecule has 1 amide bonds. The number of hydrogen-bond donors (Lipinski definition) is 2. The van der Waals surface area contributed by atoms with Gasteiger partial charge in [0.05, 0.1) is 12.0 Å². The Labute approximate surface area is 139 Å². The molecule has 0 aliphatic carbocycles. The first-order chi connectivity index (χ1) is 11.1. The van der Waals surface area contributed by atoms with Gasteiger partial charge >= 0.3 is 0 Å². The van der Waals surface area contributed by atoms with Gasteiger partial charge in [-0.2, -0.15) is 0 Å². The van der Waals surface area contributed by atoms with E-state index in [-0.39, 0.29) is 17.9 Å². The molecule has 2 rings (SSSR count). The lowest BCUT2D eigenvalue weighted by molar-refractivity contribution is -0.126. The number of nitrogens with zero attached hydrogens (tertiary/aromatic N) is 1. The maximum atomic E-state index is 12.1. The Morgan fingerprint density at radius 3 is 3.04 bits per heavy atom. The van der Waals surface area contributed by atoms with E-state index in [4.69, 9.17) is 10.5 Å². The van der Waals surface area contributed by atoms with Gasteiger partial charge in [0.1, 0.15) is 5.75 Å². The molecule has 1 aromatic rings. The second kappa shape index (κ2) is 8.89. The molecule has 1 aromatic carbocycles. The van der Waals surface area contributed by atoms with E-state index in [0.29, 0.717) is 13.1 Å². The van der Waals surface area contributed by atoms with Crippen LogP contribution in [0, 0.1) is 5.92 Å². The van der Waals surface area contributed by atoms with Crippen LogP contribution in [-0.2, 0) is 11.3 Å². The van der Waals surface area contributed by atoms with Gasteiger partial charge < -0.3 is 15.8 Å². The molecular weight excluding hydrogens is 290 g/mol. The zero-order valence-electron chi connectivity index (χ0n) is 14.3. The Morgan fingerprint density at radius 2 is 2.30 bits per heavy atom. The predicted molar refractivity (Wildman–Crippen MR) is 92.3 cm³/mol. The molecule has 1 atom stereocenters. The molecule has 1 unspecified atom stereocenters. The number of rotatable bonds is 7. The lowest BCUT2D eigenvalue weighted by Gasteiger charge is -2.32. The highest BCUT2D eigenvalue weighted by Gasteiger charge is 2.25. The van der Waals surface area contributed by atoms with Crippen LogP contribution in [0.4, 0.5) is 0 Å². The first-order valence-electron chi connectivity index (χ1n) is 8.54. The monoisotopic (exact) mass is 319 g/mol. The van der Waals surface area contributed by atoms with Crippen LogP contribution in [0.25, 0.3) is 0 Å². The molecule has 0 aromatic heterocycles. The summed E-state index contributed by atoms with van der Waals surface area (Å²) < 4.78 is 5.75. The molecule has 1 heterocycles. The van der Waals surface area contributed by atoms with Gasteiger partial charge in [0, 0.05) is 26.2 Å². The topological polar surface area (TPSA) is 67.6 Å². The van der Waals surface area contributed by atoms with Crippen molar-refractivity contribution in [2.75, 3.05) is 26.2 Å². The molecule has 1 fully saturated rings. The van der Waals surface area contributed by atoms with Crippen molar-refractivity contribution >= 4 is 5.91 Å². The molecule has 0 saturated carbocycles. The molecule has 1 aliphatic rings. The highest BCUT2D eigenvalue weighted by molar-refractivity contribution is 5.78. The number of amides is 1. The molecule has 1 aliphatic heterocycles. The van der Waals surface area contributed by atoms with Gasteiger partial charge in [0.25, 0.3) is 0 Å². The van der Waals surface area contributed by atoms with E-state index >= 15 is 0 Å². The number of likely N-dealkylation sites (tertiary alicyclic amines) is 1. The number of carbonyl (C=O) groups excluding carboxylic acids is 1. The standard InChI is InChI=1S/C18H29N3O2/c1-14(2)23-17-7-3-5-15(11-17)12-21-10-4-6-16(13-21)18(22)20-9-8-19/h3,5,7,11,14,16H,4,6,8-10,12-13,19H2,1-2H3,(H,20,22). The maximum Gasteiger partial charge on any atom is 0.224 e. The largest absolute Gasteiger partial charge is 0.491 e. The van der Waals surface area contributed by atoms with Crippen molar-refractivity contribution in [1.82, 2.24) is 10.2 Å². The van der Waals surface area contributed by atoms with E-state index < -0.39 is 0 Å². The average Bonchev–Trinajstić information content (AvgIpc) is 2.52. The highest BCUT2D eigenvalue weighted by atomic mass is 16.5. The predicted octanol–water partition coefficient (Wildman–Crippen LogP) is 1.76. The summed E-state index contributed by atoms with van der Waals surface area (Å²) in [4.78, 5) is 14.5. The van der Waals surface area contributed by atoms with Crippen LogP contribution in [-0.4, -0.2) is 43.1 Å².